The molecule has 2 rings (SSSR count). The normalized spacial score (nSPS) is 15.4. The summed E-state index contributed by atoms with van der Waals surface area (Å²) in [6, 6.07) is 0.545. The average molecular weight is 267 g/mol. The van der Waals surface area contributed by atoms with Gasteiger partial charge in [0.05, 0.1) is 5.69 Å². The number of rotatable bonds is 7. The minimum atomic E-state index is 0.545. The molecule has 0 spiro atoms. The quantitative estimate of drug-likeness (QED) is 0.822. The van der Waals surface area contributed by atoms with E-state index in [9.17, 15) is 0 Å². The van der Waals surface area contributed by atoms with E-state index in [0.29, 0.717) is 6.04 Å². The van der Waals surface area contributed by atoms with Gasteiger partial charge in [0, 0.05) is 24.0 Å². The number of thiazole rings is 1. The van der Waals surface area contributed by atoms with Crippen molar-refractivity contribution in [2.75, 3.05) is 18.0 Å². The van der Waals surface area contributed by atoms with Crippen LogP contribution in [-0.2, 0) is 6.54 Å². The summed E-state index contributed by atoms with van der Waals surface area (Å²) in [4.78, 5) is 8.63. The molecule has 0 saturated heterocycles. The largest absolute Gasteiger partial charge is 0.345 e. The van der Waals surface area contributed by atoms with Gasteiger partial charge in [-0.15, -0.1) is 11.3 Å². The number of nitrogens with one attached hydrogen (secondary N) is 1. The van der Waals surface area contributed by atoms with Gasteiger partial charge in [-0.1, -0.05) is 6.92 Å². The molecule has 1 fully saturated rings. The molecule has 1 N–H and O–H groups in total. The van der Waals surface area contributed by atoms with Crippen LogP contribution in [0.1, 0.15) is 44.2 Å². The molecule has 0 aromatic carbocycles. The first-order chi connectivity index (χ1) is 8.61. The van der Waals surface area contributed by atoms with Crippen LogP contribution < -0.4 is 10.2 Å². The summed E-state index contributed by atoms with van der Waals surface area (Å²) >= 11 is 1.86. The zero-order valence-electron chi connectivity index (χ0n) is 12.0. The van der Waals surface area contributed by atoms with Crippen molar-refractivity contribution in [3.63, 3.8) is 0 Å². The van der Waals surface area contributed by atoms with Gasteiger partial charge in [0.15, 0.2) is 5.13 Å². The lowest BCUT2D eigenvalue weighted by molar-refractivity contribution is 0.642. The highest BCUT2D eigenvalue weighted by molar-refractivity contribution is 7.15. The van der Waals surface area contributed by atoms with Crippen molar-refractivity contribution in [3.8, 4) is 0 Å². The molecule has 0 bridgehead atoms. The standard InChI is InChI=1S/C14H25N3S/c1-5-15-8-13-11(4)16-14(18-13)17(10(2)3)9-12-6-7-12/h10,12,15H,5-9H2,1-4H3. The predicted octanol–water partition coefficient (Wildman–Crippen LogP) is 3.19. The Hall–Kier alpha value is -0.610. The van der Waals surface area contributed by atoms with Gasteiger partial charge in [-0.3, -0.25) is 0 Å². The Bertz CT molecular complexity index is 382. The third kappa shape index (κ3) is 3.45. The van der Waals surface area contributed by atoms with E-state index < -0.39 is 0 Å². The minimum absolute atomic E-state index is 0.545. The summed E-state index contributed by atoms with van der Waals surface area (Å²) in [6.45, 7) is 12.0. The van der Waals surface area contributed by atoms with Crippen molar-refractivity contribution in [2.45, 2.75) is 53.1 Å². The first-order valence-electron chi connectivity index (χ1n) is 7.05. The van der Waals surface area contributed by atoms with E-state index in [1.807, 2.05) is 11.3 Å². The fraction of sp³-hybridized carbons (Fsp3) is 0.786. The third-order valence-electron chi connectivity index (χ3n) is 3.44. The summed E-state index contributed by atoms with van der Waals surface area (Å²) < 4.78 is 0. The Morgan fingerprint density at radius 1 is 1.44 bits per heavy atom. The summed E-state index contributed by atoms with van der Waals surface area (Å²) in [5, 5.41) is 4.60. The van der Waals surface area contributed by atoms with E-state index in [1.54, 1.807) is 0 Å². The number of aromatic nitrogens is 1. The lowest BCUT2D eigenvalue weighted by Crippen LogP contribution is -2.32. The lowest BCUT2D eigenvalue weighted by atomic mass is 10.3. The minimum Gasteiger partial charge on any atom is -0.345 e. The smallest absolute Gasteiger partial charge is 0.186 e. The van der Waals surface area contributed by atoms with Crippen molar-refractivity contribution >= 4 is 16.5 Å². The molecule has 1 aromatic rings. The molecule has 1 heterocycles. The highest BCUT2D eigenvalue weighted by atomic mass is 32.1. The van der Waals surface area contributed by atoms with Gasteiger partial charge in [-0.05, 0) is 46.1 Å². The SMILES string of the molecule is CCNCc1sc(N(CC2CC2)C(C)C)nc1C. The maximum absolute atomic E-state index is 4.77. The molecule has 4 heteroatoms. The molecule has 18 heavy (non-hydrogen) atoms. The number of nitrogens with zero attached hydrogens (tertiary/aromatic N) is 2. The van der Waals surface area contributed by atoms with Crippen molar-refractivity contribution in [2.24, 2.45) is 5.92 Å². The fourth-order valence-electron chi connectivity index (χ4n) is 2.03. The molecular formula is C14H25N3S. The Morgan fingerprint density at radius 2 is 2.17 bits per heavy atom. The Morgan fingerprint density at radius 3 is 2.72 bits per heavy atom. The lowest BCUT2D eigenvalue weighted by Gasteiger charge is -2.26. The van der Waals surface area contributed by atoms with Crippen molar-refractivity contribution in [1.29, 1.82) is 0 Å². The molecule has 0 radical (unpaired) electrons. The van der Waals surface area contributed by atoms with Gasteiger partial charge in [0.1, 0.15) is 0 Å². The topological polar surface area (TPSA) is 28.2 Å². The predicted molar refractivity (Wildman–Crippen MR) is 79.4 cm³/mol. The maximum Gasteiger partial charge on any atom is 0.186 e. The monoisotopic (exact) mass is 267 g/mol. The van der Waals surface area contributed by atoms with Crippen molar-refractivity contribution in [3.05, 3.63) is 10.6 Å². The number of hydrogen-bond donors (Lipinski definition) is 1. The van der Waals surface area contributed by atoms with Crippen LogP contribution in [0.4, 0.5) is 5.13 Å². The van der Waals surface area contributed by atoms with Crippen LogP contribution in [0.2, 0.25) is 0 Å². The zero-order chi connectivity index (χ0) is 13.1. The third-order valence-corrected chi connectivity index (χ3v) is 4.63. The second-order valence-corrected chi connectivity index (χ2v) is 6.54. The van der Waals surface area contributed by atoms with Gasteiger partial charge < -0.3 is 10.2 Å². The highest BCUT2D eigenvalue weighted by Crippen LogP contribution is 2.34. The van der Waals surface area contributed by atoms with Crippen LogP contribution in [0.3, 0.4) is 0 Å². The summed E-state index contributed by atoms with van der Waals surface area (Å²) in [7, 11) is 0. The van der Waals surface area contributed by atoms with Crippen LogP contribution in [-0.4, -0.2) is 24.1 Å². The molecular weight excluding hydrogens is 242 g/mol. The Labute approximate surface area is 115 Å². The van der Waals surface area contributed by atoms with Crippen LogP contribution in [0.15, 0.2) is 0 Å². The van der Waals surface area contributed by atoms with Gasteiger partial charge in [-0.2, -0.15) is 0 Å². The van der Waals surface area contributed by atoms with Gasteiger partial charge in [0.2, 0.25) is 0 Å². The Balaban J connectivity index is 2.08. The van der Waals surface area contributed by atoms with E-state index >= 15 is 0 Å². The Kier molecular flexibility index (Phi) is 4.62. The molecule has 1 aliphatic rings. The van der Waals surface area contributed by atoms with E-state index in [2.05, 4.69) is 37.9 Å². The first kappa shape index (κ1) is 13.8. The molecule has 1 saturated carbocycles. The highest BCUT2D eigenvalue weighted by Gasteiger charge is 2.27. The van der Waals surface area contributed by atoms with E-state index in [0.717, 1.165) is 19.0 Å². The van der Waals surface area contributed by atoms with E-state index in [1.165, 1.54) is 35.1 Å². The molecule has 0 amide bonds. The first-order valence-corrected chi connectivity index (χ1v) is 7.87. The number of hydrogen-bond acceptors (Lipinski definition) is 4. The van der Waals surface area contributed by atoms with E-state index in [4.69, 9.17) is 4.98 Å². The van der Waals surface area contributed by atoms with Gasteiger partial charge in [-0.25, -0.2) is 4.98 Å². The average Bonchev–Trinajstić information content (AvgIpc) is 3.07. The van der Waals surface area contributed by atoms with Crippen LogP contribution in [0, 0.1) is 12.8 Å². The molecule has 0 atom stereocenters. The molecule has 3 nitrogen and oxygen atoms in total. The molecule has 1 aliphatic carbocycles. The molecule has 0 unspecified atom stereocenters. The van der Waals surface area contributed by atoms with Crippen LogP contribution in [0.5, 0.6) is 0 Å². The maximum atomic E-state index is 4.77. The fourth-order valence-corrected chi connectivity index (χ4v) is 3.20. The summed E-state index contributed by atoms with van der Waals surface area (Å²) in [5.74, 6) is 0.911. The number of aryl methyl sites for hydroxylation is 1. The van der Waals surface area contributed by atoms with Crippen molar-refractivity contribution < 1.29 is 0 Å². The molecule has 102 valence electrons. The van der Waals surface area contributed by atoms with Crippen LogP contribution in [0.25, 0.3) is 0 Å². The second kappa shape index (κ2) is 6.02. The van der Waals surface area contributed by atoms with Crippen LogP contribution >= 0.6 is 11.3 Å². The molecule has 1 aromatic heterocycles. The second-order valence-electron chi connectivity index (χ2n) is 5.47. The van der Waals surface area contributed by atoms with E-state index in [-0.39, 0.29) is 0 Å². The van der Waals surface area contributed by atoms with Gasteiger partial charge >= 0.3 is 0 Å². The summed E-state index contributed by atoms with van der Waals surface area (Å²) in [6.07, 6.45) is 2.80. The molecule has 0 aliphatic heterocycles. The summed E-state index contributed by atoms with van der Waals surface area (Å²) in [5.41, 5.74) is 1.19. The zero-order valence-corrected chi connectivity index (χ0v) is 12.8. The number of anilines is 1. The van der Waals surface area contributed by atoms with Crippen molar-refractivity contribution in [1.82, 2.24) is 10.3 Å². The van der Waals surface area contributed by atoms with Gasteiger partial charge in [0.25, 0.3) is 0 Å².